The molecule has 0 bridgehead atoms. The van der Waals surface area contributed by atoms with E-state index in [4.69, 9.17) is 5.73 Å². The van der Waals surface area contributed by atoms with Gasteiger partial charge in [-0.3, -0.25) is 52.7 Å². The lowest BCUT2D eigenvalue weighted by molar-refractivity contribution is -0.149. The van der Waals surface area contributed by atoms with Gasteiger partial charge in [-0.1, -0.05) is 286 Å². The molecule has 3 heterocycles. The normalized spacial score (nSPS) is 13.6. The molecule has 6 N–H and O–H groups in total. The number of nitrogens with zero attached hydrogens (tertiary/aromatic N) is 10. The van der Waals surface area contributed by atoms with E-state index < -0.39 is 98.3 Å². The number of amides is 11. The number of nitrogens with two attached hydrogens (primary N) is 1. The van der Waals surface area contributed by atoms with E-state index in [9.17, 15) is 14.4 Å². The van der Waals surface area contributed by atoms with Crippen LogP contribution < -0.4 is 27.0 Å². The van der Waals surface area contributed by atoms with Crippen molar-refractivity contribution in [2.24, 2.45) is 23.5 Å². The Morgan fingerprint density at radius 2 is 0.455 bits per heavy atom. The van der Waals surface area contributed by atoms with Crippen LogP contribution >= 0.6 is 0 Å². The molecule has 3 fully saturated rings. The monoisotopic (exact) mass is 1840 g/mol. The fraction of sp³-hybridized carbons (Fsp3) is 0.565. The van der Waals surface area contributed by atoms with E-state index in [0.717, 1.165) is 143 Å². The van der Waals surface area contributed by atoms with E-state index in [1.165, 1.54) is 58.5 Å². The third kappa shape index (κ3) is 41.7. The van der Waals surface area contributed by atoms with Gasteiger partial charge in [-0.2, -0.15) is 0 Å². The molecule has 730 valence electrons. The Morgan fingerprint density at radius 3 is 0.701 bits per heavy atom. The molecular formula is C108H157N15O11. The van der Waals surface area contributed by atoms with E-state index in [-0.39, 0.29) is 109 Å². The number of piperidine rings is 3. The van der Waals surface area contributed by atoms with Crippen molar-refractivity contribution < 1.29 is 52.7 Å². The van der Waals surface area contributed by atoms with Crippen LogP contribution in [0.4, 0.5) is 0 Å². The molecule has 0 unspecified atom stereocenters. The van der Waals surface area contributed by atoms with Crippen molar-refractivity contribution in [2.45, 2.75) is 194 Å². The lowest BCUT2D eigenvalue weighted by Gasteiger charge is -2.35. The Morgan fingerprint density at radius 1 is 0.254 bits per heavy atom. The first-order valence-corrected chi connectivity index (χ1v) is 50.5. The van der Waals surface area contributed by atoms with Gasteiger partial charge in [-0.15, -0.1) is 0 Å². The topological polar surface area (TPSA) is 294 Å². The molecule has 0 radical (unpaired) electrons. The second-order valence-corrected chi connectivity index (χ2v) is 37.1. The Kier molecular flexibility index (Phi) is 50.2. The molecule has 0 spiro atoms. The fourth-order valence-corrected chi connectivity index (χ4v) is 18.1. The number of benzene rings is 6. The van der Waals surface area contributed by atoms with Gasteiger partial charge < -0.3 is 76.0 Å². The molecule has 3 saturated heterocycles. The third-order valence-electron chi connectivity index (χ3n) is 26.5. The van der Waals surface area contributed by atoms with Crippen LogP contribution in [0.5, 0.6) is 0 Å². The molecule has 9 rings (SSSR count). The molecule has 26 heteroatoms. The van der Waals surface area contributed by atoms with Crippen LogP contribution in [0.1, 0.15) is 188 Å². The van der Waals surface area contributed by atoms with Gasteiger partial charge in [0, 0.05) is 65.4 Å². The summed E-state index contributed by atoms with van der Waals surface area (Å²) in [7, 11) is 0. The Balaban J connectivity index is 0.988. The first kappa shape index (κ1) is 107. The number of unbranched alkanes of at least 4 members (excludes halogenated alkanes) is 14. The highest BCUT2D eigenvalue weighted by Crippen LogP contribution is 2.22. The molecule has 134 heavy (non-hydrogen) atoms. The molecule has 0 aliphatic carbocycles. The molecule has 3 aliphatic heterocycles. The maximum Gasteiger partial charge on any atom is 0.242 e. The van der Waals surface area contributed by atoms with Crippen molar-refractivity contribution in [3.8, 4) is 0 Å². The molecular weight excluding hydrogens is 1680 g/mol. The highest BCUT2D eigenvalue weighted by atomic mass is 16.2. The summed E-state index contributed by atoms with van der Waals surface area (Å²) in [5, 5.41) is 13.7. The minimum Gasteiger partial charge on any atom is -0.368 e. The molecule has 6 aromatic rings. The smallest absolute Gasteiger partial charge is 0.242 e. The van der Waals surface area contributed by atoms with Gasteiger partial charge in [0.2, 0.25) is 65.0 Å². The van der Waals surface area contributed by atoms with Gasteiger partial charge in [0.1, 0.15) is 0 Å². The number of rotatable bonds is 64. The van der Waals surface area contributed by atoms with Gasteiger partial charge in [-0.25, -0.2) is 0 Å². The highest BCUT2D eigenvalue weighted by molar-refractivity contribution is 5.95. The van der Waals surface area contributed by atoms with Crippen LogP contribution in [-0.4, -0.2) is 297 Å². The summed E-state index contributed by atoms with van der Waals surface area (Å²) < 4.78 is 0. The number of nitrogens with one attached hydrogen (secondary N) is 4. The second-order valence-electron chi connectivity index (χ2n) is 37.1. The van der Waals surface area contributed by atoms with Crippen LogP contribution in [0.15, 0.2) is 182 Å². The lowest BCUT2D eigenvalue weighted by Crippen LogP contribution is -2.54. The first-order valence-electron chi connectivity index (χ1n) is 50.5. The Labute approximate surface area is 799 Å². The van der Waals surface area contributed by atoms with Crippen LogP contribution in [-0.2, 0) is 91.3 Å². The van der Waals surface area contributed by atoms with Gasteiger partial charge in [0.25, 0.3) is 0 Å². The second kappa shape index (κ2) is 62.8. The van der Waals surface area contributed by atoms with Gasteiger partial charge in [0.05, 0.1) is 72.0 Å². The average molecular weight is 1840 g/mol. The maximum atomic E-state index is 16.0. The van der Waals surface area contributed by atoms with E-state index >= 15 is 38.4 Å². The Bertz CT molecular complexity index is 4390. The van der Waals surface area contributed by atoms with Crippen molar-refractivity contribution in [3.05, 3.63) is 215 Å². The summed E-state index contributed by atoms with van der Waals surface area (Å²) in [5.74, 6) is -4.81. The van der Waals surface area contributed by atoms with Crippen LogP contribution in [0.2, 0.25) is 0 Å². The fourth-order valence-electron chi connectivity index (χ4n) is 18.1. The van der Waals surface area contributed by atoms with Crippen LogP contribution in [0, 0.1) is 17.8 Å². The predicted octanol–water partition coefficient (Wildman–Crippen LogP) is 11.1. The average Bonchev–Trinajstić information content (AvgIpc) is 0.843. The molecule has 26 nitrogen and oxygen atoms in total. The van der Waals surface area contributed by atoms with Crippen molar-refractivity contribution in [3.63, 3.8) is 0 Å². The highest BCUT2D eigenvalue weighted by Gasteiger charge is 2.35. The maximum absolute atomic E-state index is 16.0. The summed E-state index contributed by atoms with van der Waals surface area (Å²) in [6.07, 6.45) is 23.5. The zero-order valence-corrected chi connectivity index (χ0v) is 80.7. The summed E-state index contributed by atoms with van der Waals surface area (Å²) in [5.41, 5.74) is 11.4. The number of hydrogen-bond donors (Lipinski definition) is 5. The van der Waals surface area contributed by atoms with Crippen molar-refractivity contribution in [2.75, 3.05) is 183 Å². The Hall–Kier alpha value is -10.7. The minimum absolute atomic E-state index is 0.00518. The molecule has 0 atom stereocenters. The summed E-state index contributed by atoms with van der Waals surface area (Å²) in [6, 6.07) is 58.1. The van der Waals surface area contributed by atoms with Crippen LogP contribution in [0.3, 0.4) is 0 Å². The number of carbonyl (C=O) groups excluding carboxylic acids is 11. The van der Waals surface area contributed by atoms with E-state index in [2.05, 4.69) is 35.1 Å². The summed E-state index contributed by atoms with van der Waals surface area (Å²) in [4.78, 5) is 182. The van der Waals surface area contributed by atoms with Gasteiger partial charge in [0.15, 0.2) is 0 Å². The van der Waals surface area contributed by atoms with Crippen molar-refractivity contribution >= 4 is 65.0 Å². The van der Waals surface area contributed by atoms with Gasteiger partial charge >= 0.3 is 0 Å². The van der Waals surface area contributed by atoms with E-state index in [1.807, 2.05) is 182 Å². The molecule has 6 aromatic carbocycles. The van der Waals surface area contributed by atoms with E-state index in [1.54, 1.807) is 9.80 Å². The first-order chi connectivity index (χ1) is 65.4. The lowest BCUT2D eigenvalue weighted by atomic mass is 9.97. The number of primary amides is 1. The number of hydrogen-bond acceptors (Lipinski definition) is 15. The van der Waals surface area contributed by atoms with E-state index in [0.29, 0.717) is 109 Å². The standard InChI is InChI=1S/C108H157N15O11/c1-3-5-7-9-11-13-15-35-67-114(79-98(109)124)100(126)80-115(68-36-16-14-12-10-8-6-4-2)101(127)82-117(70-56-90-39-25-18-26-40-90)103(129)83-118(71-57-91-41-27-19-28-42-91)105(131)87-123(78-97-53-65-112-66-54-97)108(134)86-121(74-60-94-47-33-22-34-48-94)104(130)84-119(72-58-92-43-29-20-30-44-92)106(132)88-122(77-96-51-63-111-64-52-96)107(133)85-120(73-59-93-45-31-21-32-46-93)102(128)81-116(69-55-89-37-23-17-24-38-89)99(125)76-113-75-95-49-61-110-62-50-95/h17-34,37-48,95-97,110-113H,3-16,35-36,49-88H2,1-2H3,(H2,109,124). The van der Waals surface area contributed by atoms with Crippen LogP contribution in [0.25, 0.3) is 0 Å². The number of carbonyl (C=O) groups is 11. The van der Waals surface area contributed by atoms with Crippen molar-refractivity contribution in [1.82, 2.24) is 70.3 Å². The summed E-state index contributed by atoms with van der Waals surface area (Å²) in [6.45, 7) is 7.33. The largest absolute Gasteiger partial charge is 0.368 e. The third-order valence-corrected chi connectivity index (χ3v) is 26.5. The molecule has 0 saturated carbocycles. The molecule has 0 aromatic heterocycles. The summed E-state index contributed by atoms with van der Waals surface area (Å²) >= 11 is 0. The zero-order valence-electron chi connectivity index (χ0n) is 80.7. The SMILES string of the molecule is CCCCCCCCCCN(CC(N)=O)C(=O)CN(CCCCCCCCCC)C(=O)CN(CCc1ccccc1)C(=O)CN(CCc1ccccc1)C(=O)CN(CC1CCNCC1)C(=O)CN(CCc1ccccc1)C(=O)CN(CCc1ccccc1)C(=O)CN(CC1CCNCC1)C(=O)CN(CCc1ccccc1)C(=O)CN(CCc1ccccc1)C(=O)CNCC1CCNCC1. The minimum atomic E-state index is -0.650. The predicted molar refractivity (Wildman–Crippen MR) is 531 cm³/mol. The molecule has 3 aliphatic rings. The van der Waals surface area contributed by atoms with Gasteiger partial charge in [-0.05, 0) is 187 Å². The molecule has 11 amide bonds. The quantitative estimate of drug-likeness (QED) is 0.0222. The zero-order chi connectivity index (χ0) is 95.0. The van der Waals surface area contributed by atoms with Crippen molar-refractivity contribution in [1.29, 1.82) is 0 Å².